The zero-order chi connectivity index (χ0) is 15.0. The van der Waals surface area contributed by atoms with E-state index in [1.54, 1.807) is 30.5 Å². The third-order valence-electron chi connectivity index (χ3n) is 3.29. The molecule has 21 heavy (non-hydrogen) atoms. The van der Waals surface area contributed by atoms with E-state index in [0.29, 0.717) is 23.5 Å². The van der Waals surface area contributed by atoms with E-state index < -0.39 is 0 Å². The molecule has 0 unspecified atom stereocenters. The van der Waals surface area contributed by atoms with Crippen molar-refractivity contribution in [1.29, 1.82) is 0 Å². The highest BCUT2D eigenvalue weighted by molar-refractivity contribution is 9.10. The Bertz CT molecular complexity index is 759. The number of carbonyl (C=O) groups excluding carboxylic acids is 2. The van der Waals surface area contributed by atoms with Gasteiger partial charge in [-0.05, 0) is 52.2 Å². The highest BCUT2D eigenvalue weighted by atomic mass is 79.9. The molecule has 1 aromatic carbocycles. The molecule has 6 heteroatoms. The van der Waals surface area contributed by atoms with Crippen LogP contribution in [0.5, 0.6) is 0 Å². The third-order valence-corrected chi connectivity index (χ3v) is 4.12. The minimum absolute atomic E-state index is 0.0484. The van der Waals surface area contributed by atoms with Crippen LogP contribution in [0.4, 0.5) is 11.5 Å². The monoisotopic (exact) mass is 345 g/mol. The lowest BCUT2D eigenvalue weighted by Gasteiger charge is -2.07. The first-order valence-electron chi connectivity index (χ1n) is 6.39. The number of hydrogen-bond donors (Lipinski definition) is 2. The van der Waals surface area contributed by atoms with Gasteiger partial charge in [-0.2, -0.15) is 0 Å². The summed E-state index contributed by atoms with van der Waals surface area (Å²) in [4.78, 5) is 27.7. The second kappa shape index (κ2) is 5.29. The molecule has 3 rings (SSSR count). The first-order chi connectivity index (χ1) is 10.0. The van der Waals surface area contributed by atoms with Crippen LogP contribution in [0.2, 0.25) is 0 Å². The van der Waals surface area contributed by atoms with Gasteiger partial charge in [-0.25, -0.2) is 4.98 Å². The van der Waals surface area contributed by atoms with Crippen molar-refractivity contribution in [1.82, 2.24) is 4.98 Å². The topological polar surface area (TPSA) is 71.1 Å². The molecule has 106 valence electrons. The van der Waals surface area contributed by atoms with Gasteiger partial charge in [-0.3, -0.25) is 9.59 Å². The van der Waals surface area contributed by atoms with Crippen LogP contribution < -0.4 is 10.6 Å². The van der Waals surface area contributed by atoms with E-state index in [1.807, 2.05) is 6.92 Å². The van der Waals surface area contributed by atoms with Gasteiger partial charge in [-0.1, -0.05) is 6.07 Å². The van der Waals surface area contributed by atoms with E-state index in [-0.39, 0.29) is 11.8 Å². The number of pyridine rings is 1. The molecule has 1 aromatic heterocycles. The van der Waals surface area contributed by atoms with Gasteiger partial charge >= 0.3 is 0 Å². The molecule has 0 bridgehead atoms. The average molecular weight is 346 g/mol. The Hall–Kier alpha value is -2.21. The van der Waals surface area contributed by atoms with E-state index >= 15 is 0 Å². The number of benzene rings is 1. The van der Waals surface area contributed by atoms with Crippen LogP contribution in [0.3, 0.4) is 0 Å². The van der Waals surface area contributed by atoms with Crippen LogP contribution >= 0.6 is 15.9 Å². The SMILES string of the molecule is Cc1cc(NC(=O)c2ccc3c(c2)NC(=O)C3)ncc1Br. The first kappa shape index (κ1) is 13.8. The van der Waals surface area contributed by atoms with Gasteiger partial charge < -0.3 is 10.6 Å². The summed E-state index contributed by atoms with van der Waals surface area (Å²) in [5.74, 6) is 0.186. The second-order valence-corrected chi connectivity index (χ2v) is 5.72. The summed E-state index contributed by atoms with van der Waals surface area (Å²) in [5, 5.41) is 5.48. The van der Waals surface area contributed by atoms with Gasteiger partial charge in [0.2, 0.25) is 5.91 Å². The molecule has 0 aliphatic carbocycles. The minimum Gasteiger partial charge on any atom is -0.326 e. The van der Waals surface area contributed by atoms with Gasteiger partial charge in [0.15, 0.2) is 0 Å². The number of aromatic nitrogens is 1. The first-order valence-corrected chi connectivity index (χ1v) is 7.18. The van der Waals surface area contributed by atoms with Gasteiger partial charge in [0.25, 0.3) is 5.91 Å². The van der Waals surface area contributed by atoms with Crippen LogP contribution in [0.1, 0.15) is 21.5 Å². The maximum Gasteiger partial charge on any atom is 0.256 e. The molecule has 2 N–H and O–H groups in total. The minimum atomic E-state index is -0.256. The predicted octanol–water partition coefficient (Wildman–Crippen LogP) is 2.90. The van der Waals surface area contributed by atoms with Crippen molar-refractivity contribution in [3.63, 3.8) is 0 Å². The smallest absolute Gasteiger partial charge is 0.256 e. The van der Waals surface area contributed by atoms with Gasteiger partial charge in [0.1, 0.15) is 5.82 Å². The number of fused-ring (bicyclic) bond motifs is 1. The summed E-state index contributed by atoms with van der Waals surface area (Å²) in [6.07, 6.45) is 2.01. The Morgan fingerprint density at radius 3 is 2.95 bits per heavy atom. The van der Waals surface area contributed by atoms with Crippen LogP contribution in [0.15, 0.2) is 34.9 Å². The van der Waals surface area contributed by atoms with Gasteiger partial charge in [0.05, 0.1) is 6.42 Å². The van der Waals surface area contributed by atoms with Gasteiger partial charge in [0, 0.05) is 21.9 Å². The summed E-state index contributed by atoms with van der Waals surface area (Å²) in [6, 6.07) is 6.97. The summed E-state index contributed by atoms with van der Waals surface area (Å²) in [7, 11) is 0. The van der Waals surface area contributed by atoms with Crippen molar-refractivity contribution in [2.75, 3.05) is 10.6 Å². The van der Waals surface area contributed by atoms with Crippen molar-refractivity contribution >= 4 is 39.2 Å². The quantitative estimate of drug-likeness (QED) is 0.878. The molecule has 1 aliphatic rings. The standard InChI is InChI=1S/C15H12BrN3O2/c1-8-4-13(17-7-11(8)16)19-15(21)10-3-2-9-6-14(20)18-12(9)5-10/h2-5,7H,6H2,1H3,(H,18,20)(H,17,19,21). The zero-order valence-corrected chi connectivity index (χ0v) is 12.8. The molecule has 2 aromatic rings. The normalized spacial score (nSPS) is 12.8. The molecule has 0 spiro atoms. The molecule has 0 atom stereocenters. The summed E-state index contributed by atoms with van der Waals surface area (Å²) in [5.41, 5.74) is 3.08. The zero-order valence-electron chi connectivity index (χ0n) is 11.2. The molecule has 0 saturated heterocycles. The third kappa shape index (κ3) is 2.80. The predicted molar refractivity (Wildman–Crippen MR) is 83.4 cm³/mol. The van der Waals surface area contributed by atoms with Crippen LogP contribution in [-0.4, -0.2) is 16.8 Å². The number of carbonyl (C=O) groups is 2. The van der Waals surface area contributed by atoms with Crippen molar-refractivity contribution in [2.45, 2.75) is 13.3 Å². The molecule has 0 fully saturated rings. The van der Waals surface area contributed by atoms with Crippen molar-refractivity contribution < 1.29 is 9.59 Å². The Kier molecular flexibility index (Phi) is 3.47. The lowest BCUT2D eigenvalue weighted by atomic mass is 10.1. The number of nitrogens with one attached hydrogen (secondary N) is 2. The second-order valence-electron chi connectivity index (χ2n) is 4.87. The molecular formula is C15H12BrN3O2. The Labute approximate surface area is 129 Å². The lowest BCUT2D eigenvalue weighted by molar-refractivity contribution is -0.115. The van der Waals surface area contributed by atoms with Crippen molar-refractivity contribution in [2.24, 2.45) is 0 Å². The largest absolute Gasteiger partial charge is 0.326 e. The van der Waals surface area contributed by atoms with E-state index in [4.69, 9.17) is 0 Å². The highest BCUT2D eigenvalue weighted by Gasteiger charge is 2.19. The Morgan fingerprint density at radius 2 is 2.19 bits per heavy atom. The number of hydrogen-bond acceptors (Lipinski definition) is 3. The molecule has 0 radical (unpaired) electrons. The number of anilines is 2. The van der Waals surface area contributed by atoms with Crippen LogP contribution in [0.25, 0.3) is 0 Å². The fourth-order valence-electron chi connectivity index (χ4n) is 2.15. The van der Waals surface area contributed by atoms with E-state index in [2.05, 4.69) is 31.5 Å². The summed E-state index contributed by atoms with van der Waals surface area (Å²) in [6.45, 7) is 1.92. The number of halogens is 1. The lowest BCUT2D eigenvalue weighted by Crippen LogP contribution is -2.13. The average Bonchev–Trinajstić information content (AvgIpc) is 2.82. The van der Waals surface area contributed by atoms with Crippen LogP contribution in [-0.2, 0) is 11.2 Å². The van der Waals surface area contributed by atoms with Crippen LogP contribution in [0, 0.1) is 6.92 Å². The number of nitrogens with zero attached hydrogens (tertiary/aromatic N) is 1. The molecule has 2 heterocycles. The maximum absolute atomic E-state index is 12.2. The van der Waals surface area contributed by atoms with E-state index in [9.17, 15) is 9.59 Å². The molecular weight excluding hydrogens is 334 g/mol. The summed E-state index contributed by atoms with van der Waals surface area (Å²) < 4.78 is 0.890. The molecule has 0 saturated carbocycles. The summed E-state index contributed by atoms with van der Waals surface area (Å²) >= 11 is 3.36. The van der Waals surface area contributed by atoms with Crippen molar-refractivity contribution in [3.05, 3.63) is 51.6 Å². The van der Waals surface area contributed by atoms with E-state index in [1.165, 1.54) is 0 Å². The number of amides is 2. The molecule has 1 aliphatic heterocycles. The Morgan fingerprint density at radius 1 is 1.38 bits per heavy atom. The maximum atomic E-state index is 12.2. The van der Waals surface area contributed by atoms with Crippen molar-refractivity contribution in [3.8, 4) is 0 Å². The fraction of sp³-hybridized carbons (Fsp3) is 0.133. The van der Waals surface area contributed by atoms with E-state index in [0.717, 1.165) is 15.6 Å². The molecule has 5 nitrogen and oxygen atoms in total. The number of aryl methyl sites for hydroxylation is 1. The fourth-order valence-corrected chi connectivity index (χ4v) is 2.37. The molecule has 2 amide bonds. The number of rotatable bonds is 2. The highest BCUT2D eigenvalue weighted by Crippen LogP contribution is 2.24. The van der Waals surface area contributed by atoms with Gasteiger partial charge in [-0.15, -0.1) is 0 Å². The Balaban J connectivity index is 1.81.